The first-order valence-electron chi connectivity index (χ1n) is 7.93. The number of fused-ring (bicyclic) bond motifs is 1. The molecule has 1 aliphatic heterocycles. The van der Waals surface area contributed by atoms with Crippen LogP contribution in [0.5, 0.6) is 5.75 Å². The summed E-state index contributed by atoms with van der Waals surface area (Å²) in [6.07, 6.45) is 3.50. The summed E-state index contributed by atoms with van der Waals surface area (Å²) in [7, 11) is 1.63. The molecule has 3 aromatic rings. The molecule has 1 aliphatic rings. The normalized spacial score (nSPS) is 15.6. The first-order chi connectivity index (χ1) is 12.7. The van der Waals surface area contributed by atoms with Gasteiger partial charge in [0.2, 0.25) is 5.95 Å². The van der Waals surface area contributed by atoms with E-state index in [2.05, 4.69) is 15.4 Å². The lowest BCUT2D eigenvalue weighted by molar-refractivity contribution is -0.384. The summed E-state index contributed by atoms with van der Waals surface area (Å²) < 4.78 is 6.94. The predicted octanol–water partition coefficient (Wildman–Crippen LogP) is 3.25. The average molecular weight is 349 g/mol. The molecular formula is C18H15N5O3. The lowest BCUT2D eigenvalue weighted by Gasteiger charge is -2.24. The lowest BCUT2D eigenvalue weighted by Crippen LogP contribution is -2.20. The Morgan fingerprint density at radius 1 is 1.15 bits per heavy atom. The standard InChI is InChI=1S/C18H15N5O3/c1-26-15-8-4-12(5-9-15)16-10-17(22-18(21-16)19-11-20-22)13-2-6-14(7-3-13)23(24)25/h2-11,17H,1H3,(H,19,20,21). The van der Waals surface area contributed by atoms with E-state index in [0.29, 0.717) is 5.95 Å². The highest BCUT2D eigenvalue weighted by Gasteiger charge is 2.23. The molecule has 130 valence electrons. The number of nitrogens with one attached hydrogen (secondary N) is 1. The molecule has 4 rings (SSSR count). The van der Waals surface area contributed by atoms with E-state index in [4.69, 9.17) is 4.74 Å². The number of aromatic nitrogens is 3. The number of nitrogens with zero attached hydrogens (tertiary/aromatic N) is 4. The molecule has 8 nitrogen and oxygen atoms in total. The molecule has 1 unspecified atom stereocenters. The maximum Gasteiger partial charge on any atom is 0.269 e. The maximum atomic E-state index is 10.9. The molecule has 0 bridgehead atoms. The van der Waals surface area contributed by atoms with Crippen LogP contribution in [0.2, 0.25) is 0 Å². The van der Waals surface area contributed by atoms with Gasteiger partial charge in [0.25, 0.3) is 5.69 Å². The first-order valence-corrected chi connectivity index (χ1v) is 7.93. The van der Waals surface area contributed by atoms with E-state index in [1.807, 2.05) is 30.3 Å². The van der Waals surface area contributed by atoms with E-state index in [1.165, 1.54) is 18.5 Å². The second-order valence-corrected chi connectivity index (χ2v) is 5.76. The molecule has 0 aliphatic carbocycles. The summed E-state index contributed by atoms with van der Waals surface area (Å²) in [4.78, 5) is 14.7. The minimum absolute atomic E-state index is 0.0563. The predicted molar refractivity (Wildman–Crippen MR) is 95.9 cm³/mol. The molecule has 0 radical (unpaired) electrons. The number of ether oxygens (including phenoxy) is 1. The zero-order chi connectivity index (χ0) is 18.1. The third-order valence-corrected chi connectivity index (χ3v) is 4.25. The Labute approximate surface area is 148 Å². The van der Waals surface area contributed by atoms with Gasteiger partial charge in [-0.3, -0.25) is 10.1 Å². The fourth-order valence-electron chi connectivity index (χ4n) is 2.90. The van der Waals surface area contributed by atoms with Crippen LogP contribution < -0.4 is 10.1 Å². The van der Waals surface area contributed by atoms with Gasteiger partial charge in [0.1, 0.15) is 18.1 Å². The summed E-state index contributed by atoms with van der Waals surface area (Å²) in [5.41, 5.74) is 2.80. The zero-order valence-electron chi connectivity index (χ0n) is 13.9. The molecule has 2 aromatic carbocycles. The topological polar surface area (TPSA) is 95.1 Å². The number of hydrogen-bond donors (Lipinski definition) is 1. The number of non-ortho nitro benzene ring substituents is 1. The van der Waals surface area contributed by atoms with Gasteiger partial charge in [-0.25, -0.2) is 4.68 Å². The Bertz CT molecular complexity index is 977. The SMILES string of the molecule is COc1ccc(C2=CC(c3ccc([N+](=O)[O-])cc3)n3ncnc3N2)cc1. The second kappa shape index (κ2) is 6.32. The fraction of sp³-hybridized carbons (Fsp3) is 0.111. The fourth-order valence-corrected chi connectivity index (χ4v) is 2.90. The molecule has 1 atom stereocenters. The molecule has 0 saturated carbocycles. The van der Waals surface area contributed by atoms with Gasteiger partial charge < -0.3 is 10.1 Å². The Hall–Kier alpha value is -3.68. The lowest BCUT2D eigenvalue weighted by atomic mass is 10.0. The number of allylic oxidation sites excluding steroid dienone is 1. The van der Waals surface area contributed by atoms with Crippen LogP contribution in [0.3, 0.4) is 0 Å². The van der Waals surface area contributed by atoms with Crippen LogP contribution in [0.4, 0.5) is 11.6 Å². The molecule has 26 heavy (non-hydrogen) atoms. The van der Waals surface area contributed by atoms with Gasteiger partial charge in [-0.2, -0.15) is 10.1 Å². The largest absolute Gasteiger partial charge is 0.497 e. The number of hydrogen-bond acceptors (Lipinski definition) is 6. The van der Waals surface area contributed by atoms with Crippen LogP contribution in [0.25, 0.3) is 5.70 Å². The van der Waals surface area contributed by atoms with Crippen LogP contribution in [-0.4, -0.2) is 26.8 Å². The molecule has 0 saturated heterocycles. The van der Waals surface area contributed by atoms with Crippen molar-refractivity contribution in [3.05, 3.63) is 82.2 Å². The van der Waals surface area contributed by atoms with Crippen molar-refractivity contribution in [1.82, 2.24) is 14.8 Å². The summed E-state index contributed by atoms with van der Waals surface area (Å²) in [6, 6.07) is 13.9. The smallest absolute Gasteiger partial charge is 0.269 e. The van der Waals surface area contributed by atoms with Crippen molar-refractivity contribution in [3.63, 3.8) is 0 Å². The van der Waals surface area contributed by atoms with E-state index in [-0.39, 0.29) is 11.7 Å². The number of rotatable bonds is 4. The molecule has 0 spiro atoms. The van der Waals surface area contributed by atoms with Gasteiger partial charge in [0.15, 0.2) is 0 Å². The van der Waals surface area contributed by atoms with Gasteiger partial charge in [-0.15, -0.1) is 0 Å². The summed E-state index contributed by atoms with van der Waals surface area (Å²) in [5.74, 6) is 1.39. The van der Waals surface area contributed by atoms with Crippen LogP contribution in [-0.2, 0) is 0 Å². The Morgan fingerprint density at radius 2 is 1.88 bits per heavy atom. The quantitative estimate of drug-likeness (QED) is 0.574. The number of nitro groups is 1. The molecule has 2 heterocycles. The van der Waals surface area contributed by atoms with E-state index < -0.39 is 4.92 Å². The van der Waals surface area contributed by atoms with Crippen LogP contribution in [0.15, 0.2) is 60.9 Å². The molecular weight excluding hydrogens is 334 g/mol. The summed E-state index contributed by atoms with van der Waals surface area (Å²) in [5, 5.41) is 18.4. The zero-order valence-corrected chi connectivity index (χ0v) is 13.9. The van der Waals surface area contributed by atoms with Gasteiger partial charge in [0.05, 0.1) is 12.0 Å². The van der Waals surface area contributed by atoms with Crippen molar-refractivity contribution >= 4 is 17.3 Å². The third-order valence-electron chi connectivity index (χ3n) is 4.25. The highest BCUT2D eigenvalue weighted by atomic mass is 16.6. The molecule has 0 fully saturated rings. The maximum absolute atomic E-state index is 10.9. The second-order valence-electron chi connectivity index (χ2n) is 5.76. The van der Waals surface area contributed by atoms with Crippen molar-refractivity contribution in [1.29, 1.82) is 0 Å². The minimum Gasteiger partial charge on any atom is -0.497 e. The Morgan fingerprint density at radius 3 is 2.54 bits per heavy atom. The van der Waals surface area contributed by atoms with Crippen molar-refractivity contribution < 1.29 is 9.66 Å². The van der Waals surface area contributed by atoms with Gasteiger partial charge in [-0.05, 0) is 53.6 Å². The van der Waals surface area contributed by atoms with E-state index in [1.54, 1.807) is 23.9 Å². The van der Waals surface area contributed by atoms with Crippen molar-refractivity contribution in [2.24, 2.45) is 0 Å². The number of anilines is 1. The van der Waals surface area contributed by atoms with Gasteiger partial charge in [-0.1, -0.05) is 0 Å². The highest BCUT2D eigenvalue weighted by molar-refractivity contribution is 5.77. The molecule has 1 aromatic heterocycles. The van der Waals surface area contributed by atoms with E-state index >= 15 is 0 Å². The summed E-state index contributed by atoms with van der Waals surface area (Å²) >= 11 is 0. The van der Waals surface area contributed by atoms with E-state index in [9.17, 15) is 10.1 Å². The van der Waals surface area contributed by atoms with Crippen LogP contribution in [0, 0.1) is 10.1 Å². The van der Waals surface area contributed by atoms with E-state index in [0.717, 1.165) is 22.6 Å². The van der Waals surface area contributed by atoms with Crippen LogP contribution >= 0.6 is 0 Å². The van der Waals surface area contributed by atoms with Crippen molar-refractivity contribution in [3.8, 4) is 5.75 Å². The van der Waals surface area contributed by atoms with Crippen molar-refractivity contribution in [2.45, 2.75) is 6.04 Å². The molecule has 1 N–H and O–H groups in total. The highest BCUT2D eigenvalue weighted by Crippen LogP contribution is 2.32. The molecule has 8 heteroatoms. The first kappa shape index (κ1) is 15.8. The van der Waals surface area contributed by atoms with Gasteiger partial charge in [0, 0.05) is 17.8 Å². The monoisotopic (exact) mass is 349 g/mol. The van der Waals surface area contributed by atoms with Crippen LogP contribution in [0.1, 0.15) is 17.2 Å². The van der Waals surface area contributed by atoms with Gasteiger partial charge >= 0.3 is 0 Å². The number of methoxy groups -OCH3 is 1. The summed E-state index contributed by atoms with van der Waals surface area (Å²) in [6.45, 7) is 0. The average Bonchev–Trinajstić information content (AvgIpc) is 3.16. The Balaban J connectivity index is 1.74. The van der Waals surface area contributed by atoms with Crippen molar-refractivity contribution in [2.75, 3.05) is 12.4 Å². The minimum atomic E-state index is -0.411. The molecule has 0 amide bonds. The third kappa shape index (κ3) is 2.77. The number of benzene rings is 2. The number of nitro benzene ring substituents is 1. The Kier molecular flexibility index (Phi) is 3.85.